The van der Waals surface area contributed by atoms with Crippen LogP contribution in [0.2, 0.25) is 0 Å². The summed E-state index contributed by atoms with van der Waals surface area (Å²) < 4.78 is 96.6. The molecular weight excluding hydrogens is 571 g/mol. The maximum atomic E-state index is 14.2. The molecule has 182 valence electrons. The molecule has 1 aromatic carbocycles. The van der Waals surface area contributed by atoms with Crippen molar-refractivity contribution in [1.82, 2.24) is 0 Å². The number of benzene rings is 1. The van der Waals surface area contributed by atoms with E-state index in [0.29, 0.717) is 0 Å². The first-order chi connectivity index (χ1) is 14.5. The smallest absolute Gasteiger partial charge is 0.431 e. The highest BCUT2D eigenvalue weighted by molar-refractivity contribution is 14.1. The van der Waals surface area contributed by atoms with E-state index >= 15 is 0 Å². The first kappa shape index (κ1) is 27.1. The number of hydrogen-bond acceptors (Lipinski definition) is 5. The largest absolute Gasteiger partial charge is 0.509 e. The maximum absolute atomic E-state index is 14.2. The highest BCUT2D eigenvalue weighted by Crippen LogP contribution is 2.58. The fraction of sp³-hybridized carbons (Fsp3) is 0.650. The Morgan fingerprint density at radius 3 is 2.03 bits per heavy atom. The maximum Gasteiger partial charge on any atom is 0.509 e. The van der Waals surface area contributed by atoms with Crippen LogP contribution in [0.4, 0.5) is 22.4 Å². The third kappa shape index (κ3) is 6.25. The summed E-state index contributed by atoms with van der Waals surface area (Å²) in [7, 11) is -6.29. The minimum atomic E-state index is -6.29. The minimum absolute atomic E-state index is 0.106. The van der Waals surface area contributed by atoms with Crippen LogP contribution in [-0.2, 0) is 19.6 Å². The molecule has 0 radical (unpaired) electrons. The molecule has 0 heterocycles. The summed E-state index contributed by atoms with van der Waals surface area (Å²) in [6.07, 6.45) is -2.18. The normalized spacial score (nSPS) is 25.7. The van der Waals surface area contributed by atoms with Crippen molar-refractivity contribution in [3.05, 3.63) is 33.9 Å². The Bertz CT molecular complexity index is 904. The molecule has 3 rings (SSSR count). The number of alkyl halides is 4. The first-order valence-corrected chi connectivity index (χ1v) is 12.3. The summed E-state index contributed by atoms with van der Waals surface area (Å²) in [5.41, 5.74) is -0.879. The van der Waals surface area contributed by atoms with Gasteiger partial charge in [-0.05, 0) is 80.7 Å². The molecule has 0 aromatic heterocycles. The molecule has 4 unspecified atom stereocenters. The van der Waals surface area contributed by atoms with E-state index in [4.69, 9.17) is 14.0 Å². The van der Waals surface area contributed by atoms with E-state index in [1.807, 2.05) is 18.2 Å². The molecule has 1 N–H and O–H groups in total. The third-order valence-corrected chi connectivity index (χ3v) is 6.94. The van der Waals surface area contributed by atoms with Gasteiger partial charge in [0.25, 0.3) is 0 Å². The van der Waals surface area contributed by atoms with Gasteiger partial charge >= 0.3 is 27.5 Å². The van der Waals surface area contributed by atoms with Crippen LogP contribution in [0, 0.1) is 21.3 Å². The Morgan fingerprint density at radius 2 is 1.62 bits per heavy atom. The van der Waals surface area contributed by atoms with Gasteiger partial charge in [0.05, 0.1) is 0 Å². The molecule has 2 saturated carbocycles. The number of halogens is 5. The molecule has 2 aliphatic carbocycles. The molecule has 32 heavy (non-hydrogen) atoms. The lowest BCUT2D eigenvalue weighted by Crippen LogP contribution is -2.54. The zero-order valence-electron chi connectivity index (χ0n) is 17.6. The Morgan fingerprint density at radius 1 is 1.06 bits per heavy atom. The van der Waals surface area contributed by atoms with E-state index in [1.54, 1.807) is 20.8 Å². The van der Waals surface area contributed by atoms with Crippen molar-refractivity contribution in [2.45, 2.75) is 62.9 Å². The lowest BCUT2D eigenvalue weighted by Gasteiger charge is -2.36. The van der Waals surface area contributed by atoms with Crippen LogP contribution in [0.15, 0.2) is 30.3 Å². The summed E-state index contributed by atoms with van der Waals surface area (Å²) >= 11 is 2.28. The van der Waals surface area contributed by atoms with Crippen LogP contribution in [0.25, 0.3) is 0 Å². The number of ether oxygens (including phenoxy) is 2. The van der Waals surface area contributed by atoms with Gasteiger partial charge in [0.2, 0.25) is 0 Å². The second kappa shape index (κ2) is 9.61. The van der Waals surface area contributed by atoms with Gasteiger partial charge in [0.1, 0.15) is 11.7 Å². The number of hydrogen-bond donors (Lipinski definition) is 1. The molecule has 4 atom stereocenters. The molecule has 2 aliphatic rings. The van der Waals surface area contributed by atoms with E-state index in [0.717, 1.165) is 0 Å². The van der Waals surface area contributed by atoms with Crippen molar-refractivity contribution in [1.29, 1.82) is 0 Å². The average molecular weight is 596 g/mol. The van der Waals surface area contributed by atoms with Gasteiger partial charge in [0.15, 0.2) is 0 Å². The summed E-state index contributed by atoms with van der Waals surface area (Å²) in [6, 6.07) is 10.2. The number of fused-ring (bicyclic) bond motifs is 2. The predicted octanol–water partition coefficient (Wildman–Crippen LogP) is 5.76. The lowest BCUT2D eigenvalue weighted by molar-refractivity contribution is -0.210. The fourth-order valence-corrected chi connectivity index (χ4v) is 4.95. The lowest BCUT2D eigenvalue weighted by atomic mass is 9.82. The summed E-state index contributed by atoms with van der Waals surface area (Å²) in [5, 5.41) is -5.62. The number of carbonyl (C=O) groups excluding carboxylic acids is 1. The van der Waals surface area contributed by atoms with Gasteiger partial charge in [-0.15, -0.1) is 0 Å². The van der Waals surface area contributed by atoms with Crippen molar-refractivity contribution in [3.63, 3.8) is 0 Å². The molecule has 2 bridgehead atoms. The van der Waals surface area contributed by atoms with E-state index in [1.165, 1.54) is 3.57 Å². The second-order valence-corrected chi connectivity index (χ2v) is 11.6. The van der Waals surface area contributed by atoms with Crippen LogP contribution in [-0.4, -0.2) is 42.0 Å². The average Bonchev–Trinajstić information content (AvgIpc) is 3.20. The molecule has 0 aliphatic heterocycles. The van der Waals surface area contributed by atoms with Crippen molar-refractivity contribution in [3.8, 4) is 0 Å². The van der Waals surface area contributed by atoms with Crippen molar-refractivity contribution in [2.75, 3.05) is 0 Å². The van der Waals surface area contributed by atoms with E-state index in [2.05, 4.69) is 34.7 Å². The molecule has 0 spiro atoms. The van der Waals surface area contributed by atoms with E-state index in [9.17, 15) is 30.8 Å². The van der Waals surface area contributed by atoms with Gasteiger partial charge in [-0.2, -0.15) is 26.0 Å². The van der Waals surface area contributed by atoms with Crippen LogP contribution < -0.4 is 0 Å². The van der Waals surface area contributed by atoms with Gasteiger partial charge in [-0.1, -0.05) is 18.2 Å². The van der Waals surface area contributed by atoms with Crippen molar-refractivity contribution >= 4 is 38.9 Å². The molecule has 0 saturated heterocycles. The molecular formula is C20H25F4IO6S. The second-order valence-electron chi connectivity index (χ2n) is 8.87. The number of rotatable bonds is 4. The monoisotopic (exact) mass is 596 g/mol. The zero-order chi connectivity index (χ0) is 24.5. The van der Waals surface area contributed by atoms with Crippen LogP contribution in [0.3, 0.4) is 0 Å². The summed E-state index contributed by atoms with van der Waals surface area (Å²) in [6.45, 7) is 4.70. The Labute approximate surface area is 197 Å². The minimum Gasteiger partial charge on any atom is -0.431 e. The molecule has 0 amide bonds. The molecule has 1 aromatic rings. The van der Waals surface area contributed by atoms with Gasteiger partial charge < -0.3 is 9.47 Å². The van der Waals surface area contributed by atoms with Crippen LogP contribution in [0.5, 0.6) is 0 Å². The molecule has 6 nitrogen and oxygen atoms in total. The zero-order valence-corrected chi connectivity index (χ0v) is 20.6. The number of carbonyl (C=O) groups is 1. The standard InChI is InChI=1S/C14H20F4O6S.C6H5I/c1-12(2,3)24-11(19)23-10-6-7-4-8(10)9(5-7)13(15,16)14(17,18)25(20,21)22;7-6-4-2-1-3-5-6/h7-10H,4-6H2,1-3H3,(H,20,21,22);1-5H. The van der Waals surface area contributed by atoms with Crippen molar-refractivity contribution in [2.24, 2.45) is 17.8 Å². The highest BCUT2D eigenvalue weighted by Gasteiger charge is 2.72. The SMILES string of the molecule is CC(C)(C)OC(=O)OC1CC2CC1C(C(F)(F)C(F)(F)S(=O)(=O)O)C2.Ic1ccccc1. The quantitative estimate of drug-likeness (QED) is 0.206. The topological polar surface area (TPSA) is 89.9 Å². The highest BCUT2D eigenvalue weighted by atomic mass is 127. The molecule has 12 heteroatoms. The predicted molar refractivity (Wildman–Crippen MR) is 116 cm³/mol. The van der Waals surface area contributed by atoms with Gasteiger partial charge in [0, 0.05) is 15.4 Å². The van der Waals surface area contributed by atoms with E-state index < -0.39 is 56.9 Å². The van der Waals surface area contributed by atoms with Crippen LogP contribution >= 0.6 is 22.6 Å². The van der Waals surface area contributed by atoms with Gasteiger partial charge in [-0.25, -0.2) is 4.79 Å². The van der Waals surface area contributed by atoms with Crippen molar-refractivity contribution < 1.29 is 44.8 Å². The molecule has 2 fully saturated rings. The summed E-state index contributed by atoms with van der Waals surface area (Å²) in [5.74, 6) is -8.56. The fourth-order valence-electron chi connectivity index (χ4n) is 4.04. The van der Waals surface area contributed by atoms with Gasteiger partial charge in [-0.3, -0.25) is 4.55 Å². The Kier molecular flexibility index (Phi) is 8.14. The summed E-state index contributed by atoms with van der Waals surface area (Å²) in [4.78, 5) is 11.7. The van der Waals surface area contributed by atoms with E-state index in [-0.39, 0.29) is 19.3 Å². The van der Waals surface area contributed by atoms with Crippen LogP contribution in [0.1, 0.15) is 40.0 Å². The third-order valence-electron chi connectivity index (χ3n) is 5.30. The first-order valence-electron chi connectivity index (χ1n) is 9.78. The Balaban J connectivity index is 0.000000439. The Hall–Kier alpha value is -1.15.